The maximum absolute atomic E-state index is 12.4. The molecule has 2 aromatic carbocycles. The van der Waals surface area contributed by atoms with E-state index < -0.39 is 0 Å². The van der Waals surface area contributed by atoms with Gasteiger partial charge in [-0.15, -0.1) is 0 Å². The van der Waals surface area contributed by atoms with Crippen LogP contribution in [0.25, 0.3) is 10.9 Å². The first-order chi connectivity index (χ1) is 11.1. The van der Waals surface area contributed by atoms with Gasteiger partial charge in [0.1, 0.15) is 0 Å². The molecule has 1 unspecified atom stereocenters. The van der Waals surface area contributed by atoms with Crippen molar-refractivity contribution in [1.29, 1.82) is 0 Å². The minimum atomic E-state index is -0.00635. The van der Waals surface area contributed by atoms with Crippen LogP contribution in [0.15, 0.2) is 46.9 Å². The van der Waals surface area contributed by atoms with Crippen LogP contribution in [0.5, 0.6) is 0 Å². The highest BCUT2D eigenvalue weighted by Gasteiger charge is 2.26. The average molecular weight is 369 g/mol. The number of hydrogen-bond donors (Lipinski definition) is 2. The van der Waals surface area contributed by atoms with E-state index in [-0.39, 0.29) is 11.9 Å². The second-order valence-electron chi connectivity index (χ2n) is 6.22. The molecule has 116 valence electrons. The van der Waals surface area contributed by atoms with Crippen LogP contribution in [-0.4, -0.2) is 16.9 Å². The molecule has 1 aliphatic carbocycles. The Hall–Kier alpha value is -2.07. The SMILES string of the molecule is Cc1ccc2[nH]c3c(c2c1)CC(NC(=O)c1ccc(Br)cc1)C3. The predicted octanol–water partition coefficient (Wildman–Crippen LogP) is 4.14. The summed E-state index contributed by atoms with van der Waals surface area (Å²) in [5, 5.41) is 4.44. The second kappa shape index (κ2) is 5.53. The summed E-state index contributed by atoms with van der Waals surface area (Å²) in [5.41, 5.74) is 5.76. The summed E-state index contributed by atoms with van der Waals surface area (Å²) in [5.74, 6) is -0.00635. The van der Waals surface area contributed by atoms with E-state index in [0.717, 1.165) is 17.3 Å². The van der Waals surface area contributed by atoms with Crippen LogP contribution in [0.4, 0.5) is 0 Å². The lowest BCUT2D eigenvalue weighted by Crippen LogP contribution is -2.35. The van der Waals surface area contributed by atoms with E-state index in [0.29, 0.717) is 5.56 Å². The quantitative estimate of drug-likeness (QED) is 0.701. The van der Waals surface area contributed by atoms with E-state index in [9.17, 15) is 4.79 Å². The van der Waals surface area contributed by atoms with E-state index in [1.807, 2.05) is 24.3 Å². The number of halogens is 1. The van der Waals surface area contributed by atoms with Gasteiger partial charge < -0.3 is 10.3 Å². The van der Waals surface area contributed by atoms with Gasteiger partial charge in [0.05, 0.1) is 0 Å². The molecule has 4 rings (SSSR count). The van der Waals surface area contributed by atoms with Gasteiger partial charge in [-0.05, 0) is 55.3 Å². The number of rotatable bonds is 2. The van der Waals surface area contributed by atoms with Crippen LogP contribution in [0, 0.1) is 6.92 Å². The van der Waals surface area contributed by atoms with E-state index in [1.54, 1.807) is 0 Å². The number of carbonyl (C=O) groups is 1. The number of carbonyl (C=O) groups excluding carboxylic acids is 1. The first-order valence-electron chi connectivity index (χ1n) is 7.76. The highest BCUT2D eigenvalue weighted by molar-refractivity contribution is 9.10. The van der Waals surface area contributed by atoms with Crippen molar-refractivity contribution in [1.82, 2.24) is 10.3 Å². The molecular weight excluding hydrogens is 352 g/mol. The van der Waals surface area contributed by atoms with Crippen molar-refractivity contribution in [2.24, 2.45) is 0 Å². The molecule has 1 amide bonds. The molecule has 1 heterocycles. The van der Waals surface area contributed by atoms with Crippen molar-refractivity contribution < 1.29 is 4.79 Å². The third-order valence-corrected chi connectivity index (χ3v) is 5.02. The van der Waals surface area contributed by atoms with Crippen molar-refractivity contribution in [3.05, 3.63) is 69.3 Å². The van der Waals surface area contributed by atoms with Gasteiger partial charge in [-0.2, -0.15) is 0 Å². The number of aryl methyl sites for hydroxylation is 1. The Morgan fingerprint density at radius 2 is 1.96 bits per heavy atom. The summed E-state index contributed by atoms with van der Waals surface area (Å²) >= 11 is 3.39. The Balaban J connectivity index is 1.53. The Labute approximate surface area is 143 Å². The molecule has 4 heteroatoms. The van der Waals surface area contributed by atoms with Gasteiger partial charge in [0.25, 0.3) is 5.91 Å². The summed E-state index contributed by atoms with van der Waals surface area (Å²) < 4.78 is 0.978. The zero-order chi connectivity index (χ0) is 16.0. The van der Waals surface area contributed by atoms with Gasteiger partial charge in [-0.1, -0.05) is 27.6 Å². The maximum atomic E-state index is 12.4. The summed E-state index contributed by atoms with van der Waals surface area (Å²) in [6.07, 6.45) is 1.76. The highest BCUT2D eigenvalue weighted by atomic mass is 79.9. The van der Waals surface area contributed by atoms with Gasteiger partial charge in [0.2, 0.25) is 0 Å². The third kappa shape index (κ3) is 2.68. The van der Waals surface area contributed by atoms with Crippen molar-refractivity contribution in [3.63, 3.8) is 0 Å². The first kappa shape index (κ1) is 14.5. The molecule has 1 atom stereocenters. The minimum Gasteiger partial charge on any atom is -0.358 e. The molecule has 0 saturated heterocycles. The van der Waals surface area contributed by atoms with Gasteiger partial charge in [-0.25, -0.2) is 0 Å². The number of H-pyrrole nitrogens is 1. The molecule has 0 fully saturated rings. The highest BCUT2D eigenvalue weighted by Crippen LogP contribution is 2.30. The van der Waals surface area contributed by atoms with Crippen LogP contribution < -0.4 is 5.32 Å². The van der Waals surface area contributed by atoms with Gasteiger partial charge in [-0.3, -0.25) is 4.79 Å². The molecule has 0 bridgehead atoms. The lowest BCUT2D eigenvalue weighted by molar-refractivity contribution is 0.0938. The molecule has 0 saturated carbocycles. The molecule has 23 heavy (non-hydrogen) atoms. The molecule has 0 aliphatic heterocycles. The summed E-state index contributed by atoms with van der Waals surface area (Å²) in [6.45, 7) is 2.11. The number of nitrogens with one attached hydrogen (secondary N) is 2. The lowest BCUT2D eigenvalue weighted by atomic mass is 10.1. The van der Waals surface area contributed by atoms with Crippen molar-refractivity contribution >= 4 is 32.7 Å². The molecule has 2 N–H and O–H groups in total. The molecule has 0 spiro atoms. The molecular formula is C19H17BrN2O. The second-order valence-corrected chi connectivity index (χ2v) is 7.13. The average Bonchev–Trinajstić information content (AvgIpc) is 3.05. The summed E-state index contributed by atoms with van der Waals surface area (Å²) in [7, 11) is 0. The van der Waals surface area contributed by atoms with E-state index in [4.69, 9.17) is 0 Å². The number of aromatic amines is 1. The van der Waals surface area contributed by atoms with Crippen LogP contribution in [0.1, 0.15) is 27.2 Å². The molecule has 0 radical (unpaired) electrons. The fraction of sp³-hybridized carbons (Fsp3) is 0.211. The van der Waals surface area contributed by atoms with Crippen LogP contribution in [-0.2, 0) is 12.8 Å². The smallest absolute Gasteiger partial charge is 0.251 e. The molecule has 1 aliphatic rings. The maximum Gasteiger partial charge on any atom is 0.251 e. The van der Waals surface area contributed by atoms with Gasteiger partial charge in [0.15, 0.2) is 0 Å². The summed E-state index contributed by atoms with van der Waals surface area (Å²) in [6, 6.07) is 14.1. The normalized spacial score (nSPS) is 16.5. The third-order valence-electron chi connectivity index (χ3n) is 4.49. The van der Waals surface area contributed by atoms with Gasteiger partial charge in [0, 0.05) is 39.1 Å². The number of benzene rings is 2. The van der Waals surface area contributed by atoms with Crippen LogP contribution in [0.3, 0.4) is 0 Å². The van der Waals surface area contributed by atoms with E-state index in [1.165, 1.54) is 27.7 Å². The zero-order valence-corrected chi connectivity index (χ0v) is 14.4. The Kier molecular flexibility index (Phi) is 3.49. The number of hydrogen-bond acceptors (Lipinski definition) is 1. The lowest BCUT2D eigenvalue weighted by Gasteiger charge is -2.12. The van der Waals surface area contributed by atoms with Crippen molar-refractivity contribution in [2.75, 3.05) is 0 Å². The minimum absolute atomic E-state index is 0.00635. The fourth-order valence-corrected chi connectivity index (χ4v) is 3.63. The molecule has 3 nitrogen and oxygen atoms in total. The number of fused-ring (bicyclic) bond motifs is 3. The van der Waals surface area contributed by atoms with Gasteiger partial charge >= 0.3 is 0 Å². The van der Waals surface area contributed by atoms with E-state index in [2.05, 4.69) is 51.4 Å². The van der Waals surface area contributed by atoms with Crippen molar-refractivity contribution in [3.8, 4) is 0 Å². The molecule has 1 aromatic heterocycles. The Morgan fingerprint density at radius 1 is 1.17 bits per heavy atom. The predicted molar refractivity (Wildman–Crippen MR) is 95.8 cm³/mol. The standard InChI is InChI=1S/C19H17BrN2O/c1-11-2-7-17-15(8-11)16-9-14(10-18(16)22-17)21-19(23)12-3-5-13(20)6-4-12/h2-8,14,22H,9-10H2,1H3,(H,21,23). The summed E-state index contributed by atoms with van der Waals surface area (Å²) in [4.78, 5) is 15.9. The zero-order valence-electron chi connectivity index (χ0n) is 12.8. The Morgan fingerprint density at radius 3 is 2.74 bits per heavy atom. The number of amides is 1. The van der Waals surface area contributed by atoms with Crippen LogP contribution >= 0.6 is 15.9 Å². The first-order valence-corrected chi connectivity index (χ1v) is 8.56. The molecule has 3 aromatic rings. The Bertz CT molecular complexity index is 896. The monoisotopic (exact) mass is 368 g/mol. The van der Waals surface area contributed by atoms with E-state index >= 15 is 0 Å². The fourth-order valence-electron chi connectivity index (χ4n) is 3.36. The van der Waals surface area contributed by atoms with Crippen molar-refractivity contribution in [2.45, 2.75) is 25.8 Å². The topological polar surface area (TPSA) is 44.9 Å². The largest absolute Gasteiger partial charge is 0.358 e. The number of aromatic nitrogens is 1. The van der Waals surface area contributed by atoms with Crippen LogP contribution in [0.2, 0.25) is 0 Å².